The SMILES string of the molecule is CCCCC(CC)Cn1cncc1C1CCNC1. The molecule has 2 rings (SSSR count). The Morgan fingerprint density at radius 1 is 1.50 bits per heavy atom. The van der Waals surface area contributed by atoms with Crippen molar-refractivity contribution in [2.24, 2.45) is 5.92 Å². The van der Waals surface area contributed by atoms with Crippen molar-refractivity contribution >= 4 is 0 Å². The van der Waals surface area contributed by atoms with Crippen LogP contribution in [0.5, 0.6) is 0 Å². The highest BCUT2D eigenvalue weighted by Gasteiger charge is 2.20. The van der Waals surface area contributed by atoms with Crippen molar-refractivity contribution in [2.45, 2.75) is 58.4 Å². The van der Waals surface area contributed by atoms with Crippen molar-refractivity contribution in [3.05, 3.63) is 18.2 Å². The Labute approximate surface area is 111 Å². The molecule has 0 bridgehead atoms. The molecule has 0 amide bonds. The zero-order valence-corrected chi connectivity index (χ0v) is 11.9. The fourth-order valence-electron chi connectivity index (χ4n) is 2.93. The third-order valence-corrected chi connectivity index (χ3v) is 4.22. The summed E-state index contributed by atoms with van der Waals surface area (Å²) in [5, 5.41) is 3.45. The second-order valence-electron chi connectivity index (χ2n) is 5.58. The van der Waals surface area contributed by atoms with E-state index < -0.39 is 0 Å². The average Bonchev–Trinajstić information content (AvgIpc) is 3.04. The highest BCUT2D eigenvalue weighted by Crippen LogP contribution is 2.24. The first-order valence-corrected chi connectivity index (χ1v) is 7.55. The number of imidazole rings is 1. The van der Waals surface area contributed by atoms with E-state index in [0.717, 1.165) is 25.6 Å². The smallest absolute Gasteiger partial charge is 0.0948 e. The molecule has 1 aliphatic rings. The van der Waals surface area contributed by atoms with Gasteiger partial charge in [0.2, 0.25) is 0 Å². The molecular formula is C15H27N3. The molecule has 2 atom stereocenters. The van der Waals surface area contributed by atoms with E-state index in [0.29, 0.717) is 5.92 Å². The first-order chi connectivity index (χ1) is 8.85. The summed E-state index contributed by atoms with van der Waals surface area (Å²) in [4.78, 5) is 4.37. The van der Waals surface area contributed by atoms with E-state index in [-0.39, 0.29) is 0 Å². The van der Waals surface area contributed by atoms with Gasteiger partial charge in [-0.05, 0) is 25.3 Å². The van der Waals surface area contributed by atoms with E-state index >= 15 is 0 Å². The molecule has 0 saturated carbocycles. The first-order valence-electron chi connectivity index (χ1n) is 7.55. The Morgan fingerprint density at radius 3 is 3.06 bits per heavy atom. The monoisotopic (exact) mass is 249 g/mol. The molecule has 0 radical (unpaired) electrons. The second kappa shape index (κ2) is 6.93. The minimum absolute atomic E-state index is 0.677. The van der Waals surface area contributed by atoms with E-state index in [2.05, 4.69) is 34.9 Å². The van der Waals surface area contributed by atoms with E-state index in [1.807, 2.05) is 6.33 Å². The summed E-state index contributed by atoms with van der Waals surface area (Å²) in [6.07, 6.45) is 10.7. The standard InChI is InChI=1S/C15H27N3/c1-3-5-6-13(4-2)11-18-12-17-10-15(18)14-7-8-16-9-14/h10,12-14,16H,3-9,11H2,1-2H3. The number of rotatable bonds is 7. The number of nitrogens with one attached hydrogen (secondary N) is 1. The number of unbranched alkanes of at least 4 members (excludes halogenated alkanes) is 1. The van der Waals surface area contributed by atoms with E-state index in [4.69, 9.17) is 0 Å². The molecule has 3 heteroatoms. The van der Waals surface area contributed by atoms with Gasteiger partial charge in [-0.3, -0.25) is 0 Å². The van der Waals surface area contributed by atoms with Crippen LogP contribution >= 0.6 is 0 Å². The van der Waals surface area contributed by atoms with Crippen LogP contribution < -0.4 is 5.32 Å². The maximum absolute atomic E-state index is 4.37. The highest BCUT2D eigenvalue weighted by atomic mass is 15.1. The Kier molecular flexibility index (Phi) is 5.24. The van der Waals surface area contributed by atoms with Crippen LogP contribution in [0.15, 0.2) is 12.5 Å². The van der Waals surface area contributed by atoms with Gasteiger partial charge in [0.25, 0.3) is 0 Å². The van der Waals surface area contributed by atoms with Gasteiger partial charge in [0, 0.05) is 30.9 Å². The molecule has 0 spiro atoms. The molecule has 1 aromatic rings. The van der Waals surface area contributed by atoms with Crippen LogP contribution in [-0.2, 0) is 6.54 Å². The lowest BCUT2D eigenvalue weighted by atomic mass is 9.98. The van der Waals surface area contributed by atoms with E-state index in [1.54, 1.807) is 0 Å². The van der Waals surface area contributed by atoms with Crippen LogP contribution in [0.4, 0.5) is 0 Å². The third-order valence-electron chi connectivity index (χ3n) is 4.22. The Hall–Kier alpha value is -0.830. The van der Waals surface area contributed by atoms with Crippen molar-refractivity contribution in [3.63, 3.8) is 0 Å². The third kappa shape index (κ3) is 3.35. The lowest BCUT2D eigenvalue weighted by molar-refractivity contribution is 0.382. The zero-order valence-electron chi connectivity index (χ0n) is 11.9. The molecule has 2 heterocycles. The summed E-state index contributed by atoms with van der Waals surface area (Å²) in [5.41, 5.74) is 1.44. The predicted molar refractivity (Wildman–Crippen MR) is 75.8 cm³/mol. The minimum Gasteiger partial charge on any atom is -0.334 e. The van der Waals surface area contributed by atoms with Crippen molar-refractivity contribution in [1.29, 1.82) is 0 Å². The molecule has 1 aliphatic heterocycles. The van der Waals surface area contributed by atoms with Crippen molar-refractivity contribution < 1.29 is 0 Å². The fourth-order valence-corrected chi connectivity index (χ4v) is 2.93. The molecule has 1 fully saturated rings. The number of aromatic nitrogens is 2. The molecule has 1 N–H and O–H groups in total. The molecule has 0 aliphatic carbocycles. The van der Waals surface area contributed by atoms with E-state index in [1.165, 1.54) is 37.8 Å². The molecule has 0 aromatic carbocycles. The van der Waals surface area contributed by atoms with Gasteiger partial charge in [0.1, 0.15) is 0 Å². The van der Waals surface area contributed by atoms with Gasteiger partial charge in [0.15, 0.2) is 0 Å². The average molecular weight is 249 g/mol. The lowest BCUT2D eigenvalue weighted by Crippen LogP contribution is -2.15. The molecule has 3 nitrogen and oxygen atoms in total. The van der Waals surface area contributed by atoms with Gasteiger partial charge in [-0.1, -0.05) is 33.1 Å². The van der Waals surface area contributed by atoms with Gasteiger partial charge in [-0.25, -0.2) is 4.98 Å². The van der Waals surface area contributed by atoms with Crippen LogP contribution in [0.25, 0.3) is 0 Å². The topological polar surface area (TPSA) is 29.9 Å². The summed E-state index contributed by atoms with van der Waals surface area (Å²) in [5.74, 6) is 1.49. The van der Waals surface area contributed by atoms with Crippen LogP contribution in [0.1, 0.15) is 57.6 Å². The Bertz CT molecular complexity index is 339. The molecule has 102 valence electrons. The second-order valence-corrected chi connectivity index (χ2v) is 5.58. The van der Waals surface area contributed by atoms with Gasteiger partial charge in [-0.2, -0.15) is 0 Å². The molecule has 1 aromatic heterocycles. The molecular weight excluding hydrogens is 222 g/mol. The van der Waals surface area contributed by atoms with Crippen LogP contribution in [0.2, 0.25) is 0 Å². The predicted octanol–water partition coefficient (Wildman–Crippen LogP) is 3.18. The van der Waals surface area contributed by atoms with Crippen LogP contribution in [-0.4, -0.2) is 22.6 Å². The first kappa shape index (κ1) is 13.6. The highest BCUT2D eigenvalue weighted by molar-refractivity contribution is 5.09. The summed E-state index contributed by atoms with van der Waals surface area (Å²) in [7, 11) is 0. The normalized spacial score (nSPS) is 21.3. The molecule has 1 saturated heterocycles. The molecule has 18 heavy (non-hydrogen) atoms. The number of hydrogen-bond acceptors (Lipinski definition) is 2. The van der Waals surface area contributed by atoms with Gasteiger partial charge >= 0.3 is 0 Å². The number of hydrogen-bond donors (Lipinski definition) is 1. The maximum atomic E-state index is 4.37. The van der Waals surface area contributed by atoms with E-state index in [9.17, 15) is 0 Å². The van der Waals surface area contributed by atoms with Crippen LogP contribution in [0.3, 0.4) is 0 Å². The lowest BCUT2D eigenvalue weighted by Gasteiger charge is -2.19. The van der Waals surface area contributed by atoms with Gasteiger partial charge in [-0.15, -0.1) is 0 Å². The summed E-state index contributed by atoms with van der Waals surface area (Å²) < 4.78 is 2.40. The number of nitrogens with zero attached hydrogens (tertiary/aromatic N) is 2. The van der Waals surface area contributed by atoms with Crippen molar-refractivity contribution in [2.75, 3.05) is 13.1 Å². The van der Waals surface area contributed by atoms with Gasteiger partial charge in [0.05, 0.1) is 6.33 Å². The summed E-state index contributed by atoms with van der Waals surface area (Å²) in [6.45, 7) is 8.02. The Morgan fingerprint density at radius 2 is 2.39 bits per heavy atom. The van der Waals surface area contributed by atoms with Crippen LogP contribution in [0, 0.1) is 5.92 Å². The maximum Gasteiger partial charge on any atom is 0.0948 e. The largest absolute Gasteiger partial charge is 0.334 e. The summed E-state index contributed by atoms with van der Waals surface area (Å²) in [6, 6.07) is 0. The van der Waals surface area contributed by atoms with Crippen molar-refractivity contribution in [3.8, 4) is 0 Å². The minimum atomic E-state index is 0.677. The van der Waals surface area contributed by atoms with Gasteiger partial charge < -0.3 is 9.88 Å². The summed E-state index contributed by atoms with van der Waals surface area (Å²) >= 11 is 0. The van der Waals surface area contributed by atoms with Crippen molar-refractivity contribution in [1.82, 2.24) is 14.9 Å². The fraction of sp³-hybridized carbons (Fsp3) is 0.800. The Balaban J connectivity index is 1.97. The quantitative estimate of drug-likeness (QED) is 0.804. The molecule has 2 unspecified atom stereocenters. The zero-order chi connectivity index (χ0) is 12.8.